The van der Waals surface area contributed by atoms with Crippen molar-refractivity contribution >= 4 is 17.4 Å². The molecule has 2 aromatic rings. The van der Waals surface area contributed by atoms with Gasteiger partial charge in [-0.3, -0.25) is 0 Å². The molecule has 0 aliphatic carbocycles. The van der Waals surface area contributed by atoms with E-state index in [9.17, 15) is 13.6 Å². The number of urea groups is 1. The molecule has 7 heteroatoms. The van der Waals surface area contributed by atoms with Crippen molar-refractivity contribution in [1.29, 1.82) is 5.26 Å². The Morgan fingerprint density at radius 3 is 2.41 bits per heavy atom. The highest BCUT2D eigenvalue weighted by molar-refractivity contribution is 5.99. The van der Waals surface area contributed by atoms with Crippen molar-refractivity contribution in [3.63, 3.8) is 0 Å². The first-order valence-corrected chi connectivity index (χ1v) is 6.20. The third-order valence-corrected chi connectivity index (χ3v) is 2.59. The smallest absolute Gasteiger partial charge is 0.387 e. The first-order chi connectivity index (χ1) is 10.6. The number of rotatable bonds is 4. The van der Waals surface area contributed by atoms with Gasteiger partial charge >= 0.3 is 12.6 Å². The molecule has 0 unspecified atom stereocenters. The summed E-state index contributed by atoms with van der Waals surface area (Å²) in [5.41, 5.74) is 1.28. The van der Waals surface area contributed by atoms with Crippen molar-refractivity contribution in [3.05, 3.63) is 54.1 Å². The van der Waals surface area contributed by atoms with Gasteiger partial charge in [0.25, 0.3) is 0 Å². The van der Waals surface area contributed by atoms with Gasteiger partial charge in [0.15, 0.2) is 0 Å². The number of carbonyl (C=O) groups is 1. The molecule has 0 saturated carbocycles. The summed E-state index contributed by atoms with van der Waals surface area (Å²) in [6.07, 6.45) is 0. The van der Waals surface area contributed by atoms with Gasteiger partial charge in [-0.05, 0) is 36.4 Å². The third kappa shape index (κ3) is 4.45. The number of benzene rings is 2. The van der Waals surface area contributed by atoms with Crippen molar-refractivity contribution in [2.75, 3.05) is 10.6 Å². The topological polar surface area (TPSA) is 74.2 Å². The Morgan fingerprint density at radius 2 is 1.77 bits per heavy atom. The van der Waals surface area contributed by atoms with Gasteiger partial charge in [0.2, 0.25) is 0 Å². The number of nitrogens with zero attached hydrogens (tertiary/aromatic N) is 1. The predicted octanol–water partition coefficient (Wildman–Crippen LogP) is 3.80. The summed E-state index contributed by atoms with van der Waals surface area (Å²) >= 11 is 0. The second kappa shape index (κ2) is 7.04. The van der Waals surface area contributed by atoms with Crippen molar-refractivity contribution in [3.8, 4) is 11.8 Å². The van der Waals surface area contributed by atoms with Gasteiger partial charge in [-0.25, -0.2) is 4.79 Å². The summed E-state index contributed by atoms with van der Waals surface area (Å²) in [6.45, 7) is -2.93. The van der Waals surface area contributed by atoms with Crippen molar-refractivity contribution < 1.29 is 18.3 Å². The minimum absolute atomic E-state index is 0.0498. The van der Waals surface area contributed by atoms with Crippen molar-refractivity contribution in [2.45, 2.75) is 6.61 Å². The Bertz CT molecular complexity index is 697. The first-order valence-electron chi connectivity index (χ1n) is 6.20. The van der Waals surface area contributed by atoms with Gasteiger partial charge in [-0.15, -0.1) is 0 Å². The summed E-state index contributed by atoms with van der Waals surface area (Å²) in [7, 11) is 0. The zero-order valence-corrected chi connectivity index (χ0v) is 11.2. The maximum atomic E-state index is 12.1. The molecule has 0 aliphatic heterocycles. The van der Waals surface area contributed by atoms with E-state index in [1.807, 2.05) is 6.07 Å². The van der Waals surface area contributed by atoms with E-state index in [0.717, 1.165) is 0 Å². The molecule has 0 heterocycles. The highest BCUT2D eigenvalue weighted by Crippen LogP contribution is 2.19. The number of alkyl halides is 2. The van der Waals surface area contributed by atoms with Crippen molar-refractivity contribution in [1.82, 2.24) is 0 Å². The Kier molecular flexibility index (Phi) is 4.88. The fourth-order valence-corrected chi connectivity index (χ4v) is 1.67. The normalized spacial score (nSPS) is 9.91. The fourth-order valence-electron chi connectivity index (χ4n) is 1.67. The summed E-state index contributed by atoms with van der Waals surface area (Å²) in [5, 5.41) is 13.7. The minimum Gasteiger partial charge on any atom is -0.435 e. The molecule has 2 rings (SSSR count). The number of nitrogens with one attached hydrogen (secondary N) is 2. The predicted molar refractivity (Wildman–Crippen MR) is 76.9 cm³/mol. The maximum Gasteiger partial charge on any atom is 0.387 e. The van der Waals surface area contributed by atoms with Gasteiger partial charge in [0, 0.05) is 17.4 Å². The van der Waals surface area contributed by atoms with Gasteiger partial charge in [0.1, 0.15) is 5.75 Å². The van der Waals surface area contributed by atoms with Crippen LogP contribution in [-0.4, -0.2) is 12.6 Å². The summed E-state index contributed by atoms with van der Waals surface area (Å²) in [6, 6.07) is 13.4. The molecule has 5 nitrogen and oxygen atoms in total. The SMILES string of the molecule is N#Cc1ccc(NC(=O)Nc2cccc(OC(F)F)c2)cc1. The lowest BCUT2D eigenvalue weighted by Gasteiger charge is -2.09. The molecule has 22 heavy (non-hydrogen) atoms. The molecule has 0 bridgehead atoms. The van der Waals surface area contributed by atoms with Crippen molar-refractivity contribution in [2.24, 2.45) is 0 Å². The third-order valence-electron chi connectivity index (χ3n) is 2.59. The first kappa shape index (κ1) is 15.3. The number of nitriles is 1. The van der Waals surface area contributed by atoms with Crippen LogP contribution in [0.3, 0.4) is 0 Å². The lowest BCUT2D eigenvalue weighted by atomic mass is 10.2. The lowest BCUT2D eigenvalue weighted by molar-refractivity contribution is -0.0497. The van der Waals surface area contributed by atoms with Crippen LogP contribution in [0, 0.1) is 11.3 Å². The molecule has 0 aromatic heterocycles. The number of halogens is 2. The summed E-state index contributed by atoms with van der Waals surface area (Å²) < 4.78 is 28.5. The Balaban J connectivity index is 1.98. The molecular formula is C15H11F2N3O2. The van der Waals surface area contributed by atoms with Crippen LogP contribution in [-0.2, 0) is 0 Å². The number of anilines is 2. The van der Waals surface area contributed by atoms with E-state index in [1.54, 1.807) is 24.3 Å². The Labute approximate surface area is 125 Å². The molecule has 0 aliphatic rings. The number of ether oxygens (including phenoxy) is 1. The highest BCUT2D eigenvalue weighted by atomic mass is 19.3. The van der Waals surface area contributed by atoms with E-state index in [2.05, 4.69) is 15.4 Å². The van der Waals surface area contributed by atoms with Crippen LogP contribution >= 0.6 is 0 Å². The average molecular weight is 303 g/mol. The number of hydrogen-bond donors (Lipinski definition) is 2. The second-order valence-corrected chi connectivity index (χ2v) is 4.17. The number of hydrogen-bond acceptors (Lipinski definition) is 3. The standard InChI is InChI=1S/C15H11F2N3O2/c16-14(17)22-13-3-1-2-12(8-13)20-15(21)19-11-6-4-10(9-18)5-7-11/h1-8,14H,(H2,19,20,21). The van der Waals surface area contributed by atoms with E-state index < -0.39 is 12.6 Å². The van der Waals surface area contributed by atoms with E-state index in [-0.39, 0.29) is 5.75 Å². The van der Waals surface area contributed by atoms with Crippen LogP contribution in [0.5, 0.6) is 5.75 Å². The number of amides is 2. The van der Waals surface area contributed by atoms with Gasteiger partial charge in [-0.2, -0.15) is 14.0 Å². The molecule has 0 saturated heterocycles. The van der Waals surface area contributed by atoms with Gasteiger partial charge in [0.05, 0.1) is 11.6 Å². The molecule has 0 radical (unpaired) electrons. The van der Waals surface area contributed by atoms with E-state index in [1.165, 1.54) is 24.3 Å². The molecule has 0 spiro atoms. The summed E-state index contributed by atoms with van der Waals surface area (Å²) in [4.78, 5) is 11.8. The lowest BCUT2D eigenvalue weighted by Crippen LogP contribution is -2.19. The Morgan fingerprint density at radius 1 is 1.09 bits per heavy atom. The molecular weight excluding hydrogens is 292 g/mol. The highest BCUT2D eigenvalue weighted by Gasteiger charge is 2.07. The van der Waals surface area contributed by atoms with Crippen LogP contribution < -0.4 is 15.4 Å². The second-order valence-electron chi connectivity index (χ2n) is 4.17. The van der Waals surface area contributed by atoms with Crippen LogP contribution in [0.2, 0.25) is 0 Å². The molecule has 2 aromatic carbocycles. The molecule has 2 N–H and O–H groups in total. The van der Waals surface area contributed by atoms with E-state index in [4.69, 9.17) is 5.26 Å². The van der Waals surface area contributed by atoms with Crippen LogP contribution in [0.4, 0.5) is 25.0 Å². The number of carbonyl (C=O) groups excluding carboxylic acids is 1. The maximum absolute atomic E-state index is 12.1. The minimum atomic E-state index is -2.93. The Hall–Kier alpha value is -3.14. The van der Waals surface area contributed by atoms with Crippen LogP contribution in [0.15, 0.2) is 48.5 Å². The summed E-state index contributed by atoms with van der Waals surface area (Å²) in [5.74, 6) is -0.0498. The zero-order valence-electron chi connectivity index (χ0n) is 11.2. The molecule has 0 fully saturated rings. The van der Waals surface area contributed by atoms with E-state index >= 15 is 0 Å². The molecule has 112 valence electrons. The largest absolute Gasteiger partial charge is 0.435 e. The van der Waals surface area contributed by atoms with Gasteiger partial charge < -0.3 is 15.4 Å². The fraction of sp³-hybridized carbons (Fsp3) is 0.0667. The monoisotopic (exact) mass is 303 g/mol. The zero-order chi connectivity index (χ0) is 15.9. The average Bonchev–Trinajstić information content (AvgIpc) is 2.47. The van der Waals surface area contributed by atoms with Gasteiger partial charge in [-0.1, -0.05) is 6.07 Å². The molecule has 0 atom stereocenters. The van der Waals surface area contributed by atoms with E-state index in [0.29, 0.717) is 16.9 Å². The van der Waals surface area contributed by atoms with Crippen LogP contribution in [0.25, 0.3) is 0 Å². The van der Waals surface area contributed by atoms with Crippen LogP contribution in [0.1, 0.15) is 5.56 Å². The quantitative estimate of drug-likeness (QED) is 0.902. The molecule has 2 amide bonds.